The molecule has 1 aromatic rings. The monoisotopic (exact) mass is 207 g/mol. The van der Waals surface area contributed by atoms with E-state index in [0.29, 0.717) is 6.54 Å². The molecule has 1 amide bonds. The van der Waals surface area contributed by atoms with Gasteiger partial charge in [-0.05, 0) is 31.2 Å². The summed E-state index contributed by atoms with van der Waals surface area (Å²) in [6.45, 7) is 2.98. The quantitative estimate of drug-likeness (QED) is 0.728. The van der Waals surface area contributed by atoms with E-state index in [1.165, 1.54) is 0 Å². The molecule has 0 unspecified atom stereocenters. The smallest absolute Gasteiger partial charge is 0.241 e. The van der Waals surface area contributed by atoms with Crippen LogP contribution in [-0.4, -0.2) is 30.9 Å². The lowest BCUT2D eigenvalue weighted by atomic mass is 10.3. The predicted octanol–water partition coefficient (Wildman–Crippen LogP) is 1.16. The lowest BCUT2D eigenvalue weighted by Gasteiger charge is -2.15. The van der Waals surface area contributed by atoms with Gasteiger partial charge in [-0.25, -0.2) is 0 Å². The SMILES string of the molecule is CCN(C)C(=O)CNc1ccc(N)cc1. The van der Waals surface area contributed by atoms with Crippen LogP contribution in [0, 0.1) is 0 Å². The highest BCUT2D eigenvalue weighted by Crippen LogP contribution is 2.09. The topological polar surface area (TPSA) is 58.4 Å². The molecule has 0 aromatic heterocycles. The molecular formula is C11H17N3O. The number of amides is 1. The average molecular weight is 207 g/mol. The van der Waals surface area contributed by atoms with E-state index in [1.54, 1.807) is 24.1 Å². The Balaban J connectivity index is 2.43. The van der Waals surface area contributed by atoms with E-state index < -0.39 is 0 Å². The van der Waals surface area contributed by atoms with Crippen molar-refractivity contribution in [2.75, 3.05) is 31.2 Å². The van der Waals surface area contributed by atoms with Crippen LogP contribution in [0.1, 0.15) is 6.92 Å². The summed E-state index contributed by atoms with van der Waals surface area (Å²) in [6.07, 6.45) is 0. The van der Waals surface area contributed by atoms with Crippen LogP contribution in [0.4, 0.5) is 11.4 Å². The van der Waals surface area contributed by atoms with Crippen molar-refractivity contribution >= 4 is 17.3 Å². The maximum Gasteiger partial charge on any atom is 0.241 e. The molecule has 0 aliphatic rings. The zero-order valence-corrected chi connectivity index (χ0v) is 9.16. The first kappa shape index (κ1) is 11.4. The molecular weight excluding hydrogens is 190 g/mol. The maximum atomic E-state index is 11.5. The molecule has 82 valence electrons. The number of nitrogen functional groups attached to an aromatic ring is 1. The standard InChI is InChI=1S/C11H17N3O/c1-3-14(2)11(15)8-13-10-6-4-9(12)5-7-10/h4-7,13H,3,8,12H2,1-2H3. The number of hydrogen-bond acceptors (Lipinski definition) is 3. The second-order valence-electron chi connectivity index (χ2n) is 3.38. The van der Waals surface area contributed by atoms with Crippen LogP contribution in [0.3, 0.4) is 0 Å². The summed E-state index contributed by atoms with van der Waals surface area (Å²) >= 11 is 0. The van der Waals surface area contributed by atoms with Crippen molar-refractivity contribution in [3.63, 3.8) is 0 Å². The van der Waals surface area contributed by atoms with E-state index in [2.05, 4.69) is 5.32 Å². The van der Waals surface area contributed by atoms with Crippen molar-refractivity contribution in [2.24, 2.45) is 0 Å². The maximum absolute atomic E-state index is 11.5. The molecule has 0 saturated carbocycles. The predicted molar refractivity (Wildman–Crippen MR) is 62.7 cm³/mol. The van der Waals surface area contributed by atoms with Gasteiger partial charge >= 0.3 is 0 Å². The number of nitrogens with one attached hydrogen (secondary N) is 1. The Morgan fingerprint density at radius 2 is 2.00 bits per heavy atom. The molecule has 1 aromatic carbocycles. The second kappa shape index (κ2) is 5.24. The molecule has 0 spiro atoms. The van der Waals surface area contributed by atoms with Gasteiger partial charge in [0.25, 0.3) is 0 Å². The van der Waals surface area contributed by atoms with E-state index in [0.717, 1.165) is 17.9 Å². The van der Waals surface area contributed by atoms with E-state index >= 15 is 0 Å². The number of benzene rings is 1. The second-order valence-corrected chi connectivity index (χ2v) is 3.38. The van der Waals surface area contributed by atoms with E-state index in [-0.39, 0.29) is 5.91 Å². The number of likely N-dealkylation sites (N-methyl/N-ethyl adjacent to an activating group) is 1. The van der Waals surface area contributed by atoms with Gasteiger partial charge in [-0.2, -0.15) is 0 Å². The Kier molecular flexibility index (Phi) is 3.97. The van der Waals surface area contributed by atoms with E-state index in [4.69, 9.17) is 5.73 Å². The number of carbonyl (C=O) groups excluding carboxylic acids is 1. The van der Waals surface area contributed by atoms with Crippen LogP contribution in [0.2, 0.25) is 0 Å². The zero-order chi connectivity index (χ0) is 11.3. The number of nitrogens with two attached hydrogens (primary N) is 1. The summed E-state index contributed by atoms with van der Waals surface area (Å²) in [5, 5.41) is 3.04. The van der Waals surface area contributed by atoms with Crippen LogP contribution in [0.15, 0.2) is 24.3 Å². The van der Waals surface area contributed by atoms with Gasteiger partial charge < -0.3 is 16.0 Å². The molecule has 3 N–H and O–H groups in total. The van der Waals surface area contributed by atoms with Crippen molar-refractivity contribution in [1.82, 2.24) is 4.90 Å². The molecule has 0 aliphatic heterocycles. The average Bonchev–Trinajstić information content (AvgIpc) is 2.26. The summed E-state index contributed by atoms with van der Waals surface area (Å²) in [5.74, 6) is 0.0781. The summed E-state index contributed by atoms with van der Waals surface area (Å²) in [4.78, 5) is 13.1. The van der Waals surface area contributed by atoms with Crippen molar-refractivity contribution in [2.45, 2.75) is 6.92 Å². The van der Waals surface area contributed by atoms with Crippen LogP contribution in [0.25, 0.3) is 0 Å². The van der Waals surface area contributed by atoms with Crippen molar-refractivity contribution in [3.05, 3.63) is 24.3 Å². The van der Waals surface area contributed by atoms with Crippen LogP contribution >= 0.6 is 0 Å². The van der Waals surface area contributed by atoms with Gasteiger partial charge in [-0.15, -0.1) is 0 Å². The number of hydrogen-bond donors (Lipinski definition) is 2. The number of carbonyl (C=O) groups is 1. The highest BCUT2D eigenvalue weighted by atomic mass is 16.2. The van der Waals surface area contributed by atoms with Gasteiger partial charge in [0.15, 0.2) is 0 Å². The largest absolute Gasteiger partial charge is 0.399 e. The lowest BCUT2D eigenvalue weighted by molar-refractivity contribution is -0.127. The van der Waals surface area contributed by atoms with Gasteiger partial charge in [0.05, 0.1) is 6.54 Å². The van der Waals surface area contributed by atoms with Crippen LogP contribution in [-0.2, 0) is 4.79 Å². The minimum atomic E-state index is 0.0781. The third-order valence-electron chi connectivity index (χ3n) is 2.25. The molecule has 0 radical (unpaired) electrons. The Bertz CT molecular complexity index is 321. The highest BCUT2D eigenvalue weighted by molar-refractivity contribution is 5.80. The first-order chi connectivity index (χ1) is 7.13. The molecule has 4 heteroatoms. The number of nitrogens with zero attached hydrogens (tertiary/aromatic N) is 1. The molecule has 0 fully saturated rings. The normalized spacial score (nSPS) is 9.73. The summed E-state index contributed by atoms with van der Waals surface area (Å²) in [5.41, 5.74) is 7.17. The van der Waals surface area contributed by atoms with Gasteiger partial charge in [0.2, 0.25) is 5.91 Å². The van der Waals surface area contributed by atoms with Crippen LogP contribution in [0.5, 0.6) is 0 Å². The summed E-state index contributed by atoms with van der Waals surface area (Å²) in [7, 11) is 1.78. The summed E-state index contributed by atoms with van der Waals surface area (Å²) < 4.78 is 0. The Labute approximate surface area is 90.1 Å². The van der Waals surface area contributed by atoms with Crippen LogP contribution < -0.4 is 11.1 Å². The highest BCUT2D eigenvalue weighted by Gasteiger charge is 2.05. The molecule has 1 rings (SSSR count). The third-order valence-corrected chi connectivity index (χ3v) is 2.25. The third kappa shape index (κ3) is 3.50. The molecule has 0 atom stereocenters. The van der Waals surface area contributed by atoms with Crippen molar-refractivity contribution in [3.8, 4) is 0 Å². The van der Waals surface area contributed by atoms with E-state index in [1.807, 2.05) is 19.1 Å². The fraction of sp³-hybridized carbons (Fsp3) is 0.364. The Morgan fingerprint density at radius 3 is 2.53 bits per heavy atom. The number of anilines is 2. The van der Waals surface area contributed by atoms with Gasteiger partial charge in [-0.3, -0.25) is 4.79 Å². The van der Waals surface area contributed by atoms with Crippen molar-refractivity contribution in [1.29, 1.82) is 0 Å². The van der Waals surface area contributed by atoms with Crippen molar-refractivity contribution < 1.29 is 4.79 Å². The molecule has 0 saturated heterocycles. The van der Waals surface area contributed by atoms with E-state index in [9.17, 15) is 4.79 Å². The molecule has 0 aliphatic carbocycles. The zero-order valence-electron chi connectivity index (χ0n) is 9.16. The minimum Gasteiger partial charge on any atom is -0.399 e. The molecule has 4 nitrogen and oxygen atoms in total. The Hall–Kier alpha value is -1.71. The molecule has 0 heterocycles. The summed E-state index contributed by atoms with van der Waals surface area (Å²) in [6, 6.07) is 7.32. The first-order valence-electron chi connectivity index (χ1n) is 4.97. The minimum absolute atomic E-state index is 0.0781. The first-order valence-corrected chi connectivity index (χ1v) is 4.97. The lowest BCUT2D eigenvalue weighted by Crippen LogP contribution is -2.31. The fourth-order valence-corrected chi connectivity index (χ4v) is 1.09. The molecule has 15 heavy (non-hydrogen) atoms. The Morgan fingerprint density at radius 1 is 1.40 bits per heavy atom. The van der Waals surface area contributed by atoms with Gasteiger partial charge in [-0.1, -0.05) is 0 Å². The van der Waals surface area contributed by atoms with Gasteiger partial charge in [0.1, 0.15) is 0 Å². The van der Waals surface area contributed by atoms with Gasteiger partial charge in [0, 0.05) is 25.0 Å². The molecule has 0 bridgehead atoms. The number of rotatable bonds is 4. The fourth-order valence-electron chi connectivity index (χ4n) is 1.09.